The van der Waals surface area contributed by atoms with Gasteiger partial charge >= 0.3 is 0 Å². The molecule has 4 rings (SSSR count). The first-order valence-electron chi connectivity index (χ1n) is 11.7. The van der Waals surface area contributed by atoms with E-state index in [-0.39, 0.29) is 0 Å². The first-order valence-corrected chi connectivity index (χ1v) is 11.7. The Morgan fingerprint density at radius 3 is 2.38 bits per heavy atom. The molecule has 0 bridgehead atoms. The van der Waals surface area contributed by atoms with E-state index in [0.29, 0.717) is 24.8 Å². The van der Waals surface area contributed by atoms with Gasteiger partial charge in [0, 0.05) is 45.5 Å². The average molecular weight is 440 g/mol. The number of nitrogens with one attached hydrogen (secondary N) is 2. The number of nitrogens with zero attached hydrogens (tertiary/aromatic N) is 5. The fraction of sp³-hybridized carbons (Fsp3) is 0.625. The number of anilines is 3. The molecule has 0 spiro atoms. The Hall–Kier alpha value is -2.45. The van der Waals surface area contributed by atoms with E-state index < -0.39 is 5.60 Å². The van der Waals surface area contributed by atoms with Gasteiger partial charge in [-0.05, 0) is 55.8 Å². The number of likely N-dealkylation sites (tertiary alicyclic amines) is 1. The smallest absolute Gasteiger partial charge is 0.134 e. The van der Waals surface area contributed by atoms with Gasteiger partial charge in [0.2, 0.25) is 0 Å². The van der Waals surface area contributed by atoms with Gasteiger partial charge in [-0.15, -0.1) is 0 Å². The van der Waals surface area contributed by atoms with E-state index in [1.165, 1.54) is 18.4 Å². The summed E-state index contributed by atoms with van der Waals surface area (Å²) in [6.07, 6.45) is 7.41. The van der Waals surface area contributed by atoms with Crippen molar-refractivity contribution in [2.75, 3.05) is 55.3 Å². The first kappa shape index (κ1) is 22.7. The quantitative estimate of drug-likeness (QED) is 0.607. The molecule has 0 aliphatic carbocycles. The van der Waals surface area contributed by atoms with Crippen LogP contribution in [0.5, 0.6) is 0 Å². The maximum Gasteiger partial charge on any atom is 0.134 e. The van der Waals surface area contributed by atoms with Crippen LogP contribution in [0.4, 0.5) is 17.5 Å². The van der Waals surface area contributed by atoms with Gasteiger partial charge in [-0.1, -0.05) is 19.9 Å². The molecule has 8 nitrogen and oxygen atoms in total. The monoisotopic (exact) mass is 439 g/mol. The van der Waals surface area contributed by atoms with Crippen molar-refractivity contribution in [1.82, 2.24) is 19.9 Å². The topological polar surface area (TPSA) is 89.4 Å². The highest BCUT2D eigenvalue weighted by molar-refractivity contribution is 5.48. The van der Waals surface area contributed by atoms with Crippen molar-refractivity contribution in [1.29, 1.82) is 0 Å². The molecule has 174 valence electrons. The van der Waals surface area contributed by atoms with Gasteiger partial charge in [0.25, 0.3) is 0 Å². The zero-order valence-corrected chi connectivity index (χ0v) is 19.6. The summed E-state index contributed by atoms with van der Waals surface area (Å²) in [7, 11) is 1.85. The molecule has 0 radical (unpaired) electrons. The van der Waals surface area contributed by atoms with Crippen LogP contribution in [0.25, 0.3) is 0 Å². The normalized spacial score (nSPS) is 20.7. The predicted molar refractivity (Wildman–Crippen MR) is 129 cm³/mol. The summed E-state index contributed by atoms with van der Waals surface area (Å²) in [5.41, 5.74) is 0.979. The highest BCUT2D eigenvalue weighted by atomic mass is 16.3. The molecule has 0 atom stereocenters. The van der Waals surface area contributed by atoms with Gasteiger partial charge in [0.15, 0.2) is 0 Å². The van der Waals surface area contributed by atoms with Crippen LogP contribution < -0.4 is 15.5 Å². The van der Waals surface area contributed by atoms with Crippen LogP contribution in [-0.2, 0) is 6.54 Å². The Morgan fingerprint density at radius 1 is 0.969 bits per heavy atom. The van der Waals surface area contributed by atoms with E-state index in [2.05, 4.69) is 55.3 Å². The number of pyridine rings is 1. The average Bonchev–Trinajstić information content (AvgIpc) is 2.81. The Bertz CT molecular complexity index is 868. The van der Waals surface area contributed by atoms with Crippen molar-refractivity contribution in [3.05, 3.63) is 36.3 Å². The first-order chi connectivity index (χ1) is 15.3. The standard InChI is InChI=1S/C24H37N7O/c1-23(2)6-10-30(11-7-23)16-19-4-5-20(26-15-19)27-17-24(32)8-12-31(13-9-24)22-14-21(25-3)28-18-29-22/h4-5,14-15,18,32H,6-13,16-17H2,1-3H3,(H,26,27)(H,25,28,29). The lowest BCUT2D eigenvalue weighted by Crippen LogP contribution is -2.48. The lowest BCUT2D eigenvalue weighted by molar-refractivity contribution is 0.0289. The van der Waals surface area contributed by atoms with Crippen LogP contribution in [0.1, 0.15) is 45.1 Å². The van der Waals surface area contributed by atoms with Crippen molar-refractivity contribution in [3.8, 4) is 0 Å². The highest BCUT2D eigenvalue weighted by Gasteiger charge is 2.33. The van der Waals surface area contributed by atoms with E-state index in [0.717, 1.165) is 50.2 Å². The number of piperidine rings is 2. The van der Waals surface area contributed by atoms with Crippen molar-refractivity contribution in [3.63, 3.8) is 0 Å². The molecule has 2 aliphatic heterocycles. The molecule has 2 aliphatic rings. The summed E-state index contributed by atoms with van der Waals surface area (Å²) in [6, 6.07) is 6.12. The Balaban J connectivity index is 1.24. The maximum absolute atomic E-state index is 11.0. The lowest BCUT2D eigenvalue weighted by atomic mass is 9.82. The summed E-state index contributed by atoms with van der Waals surface area (Å²) in [5, 5.41) is 17.4. The molecular weight excluding hydrogens is 402 g/mol. The fourth-order valence-electron chi connectivity index (χ4n) is 4.44. The van der Waals surface area contributed by atoms with Crippen LogP contribution in [0.3, 0.4) is 0 Å². The minimum atomic E-state index is -0.740. The molecule has 2 fully saturated rings. The summed E-state index contributed by atoms with van der Waals surface area (Å²) in [4.78, 5) is 17.8. The summed E-state index contributed by atoms with van der Waals surface area (Å²) in [6.45, 7) is 10.0. The molecule has 2 aromatic rings. The van der Waals surface area contributed by atoms with Crippen LogP contribution in [-0.4, -0.2) is 70.3 Å². The number of hydrogen-bond acceptors (Lipinski definition) is 8. The van der Waals surface area contributed by atoms with E-state index in [9.17, 15) is 5.11 Å². The molecule has 32 heavy (non-hydrogen) atoms. The lowest BCUT2D eigenvalue weighted by Gasteiger charge is -2.39. The fourth-order valence-corrected chi connectivity index (χ4v) is 4.44. The predicted octanol–water partition coefficient (Wildman–Crippen LogP) is 2.98. The van der Waals surface area contributed by atoms with Crippen LogP contribution >= 0.6 is 0 Å². The van der Waals surface area contributed by atoms with E-state index in [4.69, 9.17) is 0 Å². The number of hydrogen-bond donors (Lipinski definition) is 3. The van der Waals surface area contributed by atoms with Gasteiger partial charge in [0.05, 0.1) is 5.60 Å². The van der Waals surface area contributed by atoms with Gasteiger partial charge in [-0.2, -0.15) is 0 Å². The Kier molecular flexibility index (Phi) is 6.81. The Morgan fingerprint density at radius 2 is 1.72 bits per heavy atom. The summed E-state index contributed by atoms with van der Waals surface area (Å²) >= 11 is 0. The second-order valence-electron chi connectivity index (χ2n) is 10.1. The van der Waals surface area contributed by atoms with Crippen molar-refractivity contribution in [2.45, 2.75) is 51.7 Å². The molecule has 2 saturated heterocycles. The van der Waals surface area contributed by atoms with Crippen molar-refractivity contribution >= 4 is 17.5 Å². The summed E-state index contributed by atoms with van der Waals surface area (Å²) in [5.74, 6) is 2.52. The highest BCUT2D eigenvalue weighted by Crippen LogP contribution is 2.30. The molecule has 0 amide bonds. The van der Waals surface area contributed by atoms with Gasteiger partial charge in [-0.25, -0.2) is 15.0 Å². The molecular formula is C24H37N7O. The zero-order chi connectivity index (χ0) is 22.6. The van der Waals surface area contributed by atoms with E-state index >= 15 is 0 Å². The number of rotatable bonds is 7. The van der Waals surface area contributed by atoms with Crippen molar-refractivity contribution < 1.29 is 5.11 Å². The molecule has 8 heteroatoms. The maximum atomic E-state index is 11.0. The third-order valence-corrected chi connectivity index (χ3v) is 6.97. The van der Waals surface area contributed by atoms with Crippen LogP contribution in [0, 0.1) is 5.41 Å². The second-order valence-corrected chi connectivity index (χ2v) is 10.1. The molecule has 3 N–H and O–H groups in total. The molecule has 0 aromatic carbocycles. The van der Waals surface area contributed by atoms with Crippen LogP contribution in [0.15, 0.2) is 30.7 Å². The number of aliphatic hydroxyl groups is 1. The third-order valence-electron chi connectivity index (χ3n) is 6.97. The zero-order valence-electron chi connectivity index (χ0n) is 19.6. The van der Waals surface area contributed by atoms with E-state index in [1.54, 1.807) is 6.33 Å². The minimum Gasteiger partial charge on any atom is -0.388 e. The SMILES string of the molecule is CNc1cc(N2CCC(O)(CNc3ccc(CN4CCC(C)(C)CC4)cn3)CC2)ncn1. The van der Waals surface area contributed by atoms with Gasteiger partial charge in [-0.3, -0.25) is 4.90 Å². The molecule has 0 unspecified atom stereocenters. The second kappa shape index (κ2) is 9.58. The van der Waals surface area contributed by atoms with Crippen LogP contribution in [0.2, 0.25) is 0 Å². The largest absolute Gasteiger partial charge is 0.388 e. The van der Waals surface area contributed by atoms with Crippen molar-refractivity contribution in [2.24, 2.45) is 5.41 Å². The Labute approximate surface area is 191 Å². The minimum absolute atomic E-state index is 0.476. The molecule has 0 saturated carbocycles. The summed E-state index contributed by atoms with van der Waals surface area (Å²) < 4.78 is 0. The van der Waals surface area contributed by atoms with Gasteiger partial charge in [0.1, 0.15) is 23.8 Å². The number of aromatic nitrogens is 3. The third kappa shape index (κ3) is 5.86. The molecule has 4 heterocycles. The van der Waals surface area contributed by atoms with Gasteiger partial charge < -0.3 is 20.6 Å². The molecule has 2 aromatic heterocycles. The van der Waals surface area contributed by atoms with E-state index in [1.807, 2.05) is 25.4 Å².